The second-order valence-electron chi connectivity index (χ2n) is 4.16. The fourth-order valence-electron chi connectivity index (χ4n) is 1.64. The Morgan fingerprint density at radius 3 is 2.87 bits per heavy atom. The van der Waals surface area contributed by atoms with Crippen molar-refractivity contribution in [3.05, 3.63) is 24.3 Å². The Hall–Kier alpha value is -1.49. The number of rotatable bonds is 1. The molecule has 0 saturated carbocycles. The molecule has 1 aromatic heterocycles. The van der Waals surface area contributed by atoms with Crippen LogP contribution in [0, 0.1) is 0 Å². The van der Waals surface area contributed by atoms with Crippen molar-refractivity contribution < 1.29 is 4.79 Å². The fraction of sp³-hybridized carbons (Fsp3) is 0.500. The normalized spacial score (nSPS) is 24.7. The maximum absolute atomic E-state index is 11.5. The Labute approximate surface area is 88.3 Å². The summed E-state index contributed by atoms with van der Waals surface area (Å²) >= 11 is 0. The molecule has 1 saturated heterocycles. The average Bonchev–Trinajstić information content (AvgIpc) is 2.23. The molecule has 15 heavy (non-hydrogen) atoms. The van der Waals surface area contributed by atoms with Gasteiger partial charge in [-0.25, -0.2) is 0 Å². The van der Waals surface area contributed by atoms with E-state index >= 15 is 0 Å². The number of nitrogens with one attached hydrogen (secondary N) is 2. The molecule has 1 atom stereocenters. The molecule has 1 amide bonds. The molecule has 1 aromatic rings. The van der Waals surface area contributed by atoms with Gasteiger partial charge in [-0.15, -0.1) is 0 Å². The highest BCUT2D eigenvalue weighted by molar-refractivity contribution is 5.86. The molecule has 2 N–H and O–H groups in total. The van der Waals surface area contributed by atoms with Gasteiger partial charge >= 0.3 is 0 Å². The molecule has 0 aliphatic carbocycles. The molecule has 80 valence electrons. The molecule has 0 aromatic carbocycles. The van der Waals surface area contributed by atoms with Crippen LogP contribution in [-0.2, 0) is 4.79 Å². The van der Waals surface area contributed by atoms with Crippen LogP contribution >= 0.6 is 0 Å². The Kier molecular flexibility index (Phi) is 2.40. The Balaban J connectivity index is 2.17. The maximum Gasteiger partial charge on any atom is 0.239 e. The first kappa shape index (κ1) is 10.0. The van der Waals surface area contributed by atoms with Crippen LogP contribution < -0.4 is 10.6 Å². The first-order valence-electron chi connectivity index (χ1n) is 4.91. The van der Waals surface area contributed by atoms with E-state index in [0.29, 0.717) is 6.54 Å². The van der Waals surface area contributed by atoms with E-state index in [1.54, 1.807) is 18.6 Å². The van der Waals surface area contributed by atoms with Crippen LogP contribution in [-0.4, -0.2) is 28.0 Å². The Bertz CT molecular complexity index is 363. The van der Waals surface area contributed by atoms with Gasteiger partial charge in [0, 0.05) is 18.9 Å². The molecule has 5 nitrogen and oxygen atoms in total. The molecular weight excluding hydrogens is 192 g/mol. The van der Waals surface area contributed by atoms with Crippen LogP contribution in [0.2, 0.25) is 0 Å². The van der Waals surface area contributed by atoms with Crippen molar-refractivity contribution in [1.29, 1.82) is 0 Å². The van der Waals surface area contributed by atoms with Gasteiger partial charge in [-0.3, -0.25) is 20.1 Å². The summed E-state index contributed by atoms with van der Waals surface area (Å²) in [6, 6.07) is 0.0337. The smallest absolute Gasteiger partial charge is 0.239 e. The lowest BCUT2D eigenvalue weighted by atomic mass is 9.98. The van der Waals surface area contributed by atoms with Gasteiger partial charge in [0.2, 0.25) is 5.91 Å². The summed E-state index contributed by atoms with van der Waals surface area (Å²) in [5.74, 6) is 0.0163. The molecule has 1 unspecified atom stereocenters. The third-order valence-electron chi connectivity index (χ3n) is 2.51. The lowest BCUT2D eigenvalue weighted by molar-refractivity contribution is -0.128. The predicted octanol–water partition coefficient (Wildman–Crippen LogP) is 0.0157. The maximum atomic E-state index is 11.5. The second-order valence-corrected chi connectivity index (χ2v) is 4.16. The van der Waals surface area contributed by atoms with Crippen LogP contribution in [0.1, 0.15) is 25.6 Å². The van der Waals surface area contributed by atoms with Gasteiger partial charge in [-0.2, -0.15) is 0 Å². The molecule has 0 spiro atoms. The van der Waals surface area contributed by atoms with Gasteiger partial charge in [-0.05, 0) is 13.8 Å². The Morgan fingerprint density at radius 1 is 1.47 bits per heavy atom. The van der Waals surface area contributed by atoms with Crippen LogP contribution in [0.25, 0.3) is 0 Å². The molecule has 1 aliphatic rings. The minimum absolute atomic E-state index is 0.0163. The summed E-state index contributed by atoms with van der Waals surface area (Å²) in [5.41, 5.74) is 0.297. The molecule has 1 aliphatic heterocycles. The monoisotopic (exact) mass is 206 g/mol. The molecule has 1 fully saturated rings. The lowest BCUT2D eigenvalue weighted by Crippen LogP contribution is -2.60. The van der Waals surface area contributed by atoms with Crippen molar-refractivity contribution in [2.24, 2.45) is 0 Å². The zero-order valence-corrected chi connectivity index (χ0v) is 8.82. The van der Waals surface area contributed by atoms with E-state index in [1.807, 2.05) is 13.8 Å². The highest BCUT2D eigenvalue weighted by Crippen LogP contribution is 2.17. The molecule has 0 bridgehead atoms. The number of hydrogen-bond acceptors (Lipinski definition) is 4. The van der Waals surface area contributed by atoms with Crippen molar-refractivity contribution in [2.75, 3.05) is 6.54 Å². The third-order valence-corrected chi connectivity index (χ3v) is 2.51. The van der Waals surface area contributed by atoms with E-state index < -0.39 is 5.54 Å². The number of aromatic nitrogens is 2. The Morgan fingerprint density at radius 2 is 2.27 bits per heavy atom. The molecule has 5 heteroatoms. The number of amides is 1. The first-order valence-corrected chi connectivity index (χ1v) is 4.91. The predicted molar refractivity (Wildman–Crippen MR) is 55.0 cm³/mol. The van der Waals surface area contributed by atoms with Crippen LogP contribution in [0.4, 0.5) is 0 Å². The minimum atomic E-state index is -0.555. The number of carbonyl (C=O) groups is 1. The molecule has 2 heterocycles. The minimum Gasteiger partial charge on any atom is -0.353 e. The SMILES string of the molecule is CC1(C)NC(c2cnccn2)CNC1=O. The second kappa shape index (κ2) is 3.58. The van der Waals surface area contributed by atoms with E-state index in [-0.39, 0.29) is 11.9 Å². The summed E-state index contributed by atoms with van der Waals surface area (Å²) in [4.78, 5) is 19.7. The van der Waals surface area contributed by atoms with Gasteiger partial charge < -0.3 is 5.32 Å². The van der Waals surface area contributed by atoms with Gasteiger partial charge in [0.05, 0.1) is 23.5 Å². The third kappa shape index (κ3) is 1.97. The van der Waals surface area contributed by atoms with Crippen molar-refractivity contribution in [2.45, 2.75) is 25.4 Å². The van der Waals surface area contributed by atoms with E-state index in [4.69, 9.17) is 0 Å². The van der Waals surface area contributed by atoms with Crippen LogP contribution in [0.5, 0.6) is 0 Å². The van der Waals surface area contributed by atoms with Crippen molar-refractivity contribution >= 4 is 5.91 Å². The topological polar surface area (TPSA) is 66.9 Å². The summed E-state index contributed by atoms with van der Waals surface area (Å²) in [7, 11) is 0. The quantitative estimate of drug-likeness (QED) is 0.679. The van der Waals surface area contributed by atoms with Crippen molar-refractivity contribution in [1.82, 2.24) is 20.6 Å². The van der Waals surface area contributed by atoms with E-state index in [0.717, 1.165) is 5.69 Å². The van der Waals surface area contributed by atoms with Gasteiger partial charge in [-0.1, -0.05) is 0 Å². The van der Waals surface area contributed by atoms with E-state index in [9.17, 15) is 4.79 Å². The number of carbonyl (C=O) groups excluding carboxylic acids is 1. The summed E-state index contributed by atoms with van der Waals surface area (Å²) in [6.45, 7) is 4.26. The summed E-state index contributed by atoms with van der Waals surface area (Å²) in [5, 5.41) is 6.10. The van der Waals surface area contributed by atoms with E-state index in [1.165, 1.54) is 0 Å². The number of hydrogen-bond donors (Lipinski definition) is 2. The fourth-order valence-corrected chi connectivity index (χ4v) is 1.64. The largest absolute Gasteiger partial charge is 0.353 e. The van der Waals surface area contributed by atoms with Crippen molar-refractivity contribution in [3.8, 4) is 0 Å². The van der Waals surface area contributed by atoms with Crippen molar-refractivity contribution in [3.63, 3.8) is 0 Å². The summed E-state index contributed by atoms with van der Waals surface area (Å²) in [6.07, 6.45) is 5.00. The zero-order valence-electron chi connectivity index (χ0n) is 8.82. The molecule has 2 rings (SSSR count). The van der Waals surface area contributed by atoms with E-state index in [2.05, 4.69) is 20.6 Å². The van der Waals surface area contributed by atoms with Gasteiger partial charge in [0.1, 0.15) is 0 Å². The van der Waals surface area contributed by atoms with Crippen LogP contribution in [0.15, 0.2) is 18.6 Å². The lowest BCUT2D eigenvalue weighted by Gasteiger charge is -2.35. The first-order chi connectivity index (χ1) is 7.09. The number of piperazine rings is 1. The number of nitrogens with zero attached hydrogens (tertiary/aromatic N) is 2. The molecule has 0 radical (unpaired) electrons. The average molecular weight is 206 g/mol. The van der Waals surface area contributed by atoms with Crippen LogP contribution in [0.3, 0.4) is 0 Å². The molecular formula is C10H14N4O. The highest BCUT2D eigenvalue weighted by atomic mass is 16.2. The standard InChI is InChI=1S/C10H14N4O/c1-10(2)9(15)13-6-8(14-10)7-5-11-3-4-12-7/h3-5,8,14H,6H2,1-2H3,(H,13,15). The van der Waals surface area contributed by atoms with Gasteiger partial charge in [0.15, 0.2) is 0 Å². The highest BCUT2D eigenvalue weighted by Gasteiger charge is 2.35. The van der Waals surface area contributed by atoms with Gasteiger partial charge in [0.25, 0.3) is 0 Å². The summed E-state index contributed by atoms with van der Waals surface area (Å²) < 4.78 is 0. The zero-order chi connectivity index (χ0) is 10.9.